The Morgan fingerprint density at radius 2 is 1.62 bits per heavy atom. The molecule has 0 atom stereocenters. The smallest absolute Gasteiger partial charge is 0.0968 e. The molecule has 0 saturated heterocycles. The van der Waals surface area contributed by atoms with Gasteiger partial charge < -0.3 is 0 Å². The minimum Gasteiger partial charge on any atom is -0.250 e. The molecule has 0 fully saturated rings. The molecular formula is C14H15NS. The molecule has 1 aromatic heterocycles. The van der Waals surface area contributed by atoms with Crippen LogP contribution in [-0.4, -0.2) is 4.98 Å². The second kappa shape index (κ2) is 4.71. The summed E-state index contributed by atoms with van der Waals surface area (Å²) in [6, 6.07) is 16.5. The molecule has 0 aliphatic heterocycles. The van der Waals surface area contributed by atoms with E-state index in [2.05, 4.69) is 49.2 Å². The van der Waals surface area contributed by atoms with Crippen molar-refractivity contribution in [3.8, 4) is 0 Å². The number of nitrogens with zero attached hydrogens (tertiary/aromatic N) is 1. The normalized spacial score (nSPS) is 11.4. The van der Waals surface area contributed by atoms with Crippen LogP contribution in [0.4, 0.5) is 0 Å². The van der Waals surface area contributed by atoms with Crippen LogP contribution in [0.5, 0.6) is 0 Å². The molecule has 2 aromatic rings. The number of rotatable bonds is 3. The molecule has 16 heavy (non-hydrogen) atoms. The SMILES string of the molecule is CC(C)(Sc1ccccn1)c1ccccc1. The van der Waals surface area contributed by atoms with Crippen LogP contribution in [0.25, 0.3) is 0 Å². The van der Waals surface area contributed by atoms with Crippen LogP contribution in [0.1, 0.15) is 19.4 Å². The fourth-order valence-corrected chi connectivity index (χ4v) is 2.60. The number of thioether (sulfide) groups is 1. The van der Waals surface area contributed by atoms with Crippen molar-refractivity contribution in [3.05, 3.63) is 60.3 Å². The first-order valence-corrected chi connectivity index (χ1v) is 6.16. The molecule has 1 nitrogen and oxygen atoms in total. The standard InChI is InChI=1S/C14H15NS/c1-14(2,12-8-4-3-5-9-12)16-13-10-6-7-11-15-13/h3-11H,1-2H3. The molecule has 0 bridgehead atoms. The van der Waals surface area contributed by atoms with Crippen molar-refractivity contribution in [2.24, 2.45) is 0 Å². The first-order valence-electron chi connectivity index (χ1n) is 5.34. The summed E-state index contributed by atoms with van der Waals surface area (Å²) in [5, 5.41) is 1.07. The van der Waals surface area contributed by atoms with E-state index in [0.29, 0.717) is 0 Å². The summed E-state index contributed by atoms with van der Waals surface area (Å²) in [5.41, 5.74) is 1.32. The van der Waals surface area contributed by atoms with E-state index in [1.165, 1.54) is 5.56 Å². The molecule has 1 heterocycles. The highest BCUT2D eigenvalue weighted by molar-refractivity contribution is 8.00. The molecule has 0 unspecified atom stereocenters. The summed E-state index contributed by atoms with van der Waals surface area (Å²) in [4.78, 5) is 4.35. The third-order valence-electron chi connectivity index (χ3n) is 2.47. The maximum atomic E-state index is 4.35. The van der Waals surface area contributed by atoms with E-state index in [4.69, 9.17) is 0 Å². The van der Waals surface area contributed by atoms with E-state index in [-0.39, 0.29) is 4.75 Å². The predicted molar refractivity (Wildman–Crippen MR) is 69.6 cm³/mol. The predicted octanol–water partition coefficient (Wildman–Crippen LogP) is 4.11. The lowest BCUT2D eigenvalue weighted by molar-refractivity contribution is 0.778. The van der Waals surface area contributed by atoms with Gasteiger partial charge in [0.1, 0.15) is 0 Å². The van der Waals surface area contributed by atoms with Gasteiger partial charge in [-0.25, -0.2) is 4.98 Å². The Morgan fingerprint density at radius 3 is 2.25 bits per heavy atom. The molecule has 0 radical (unpaired) electrons. The zero-order valence-electron chi connectivity index (χ0n) is 9.55. The van der Waals surface area contributed by atoms with Crippen molar-refractivity contribution in [3.63, 3.8) is 0 Å². The molecule has 0 amide bonds. The van der Waals surface area contributed by atoms with Crippen LogP contribution in [0.3, 0.4) is 0 Å². The van der Waals surface area contributed by atoms with Crippen LogP contribution in [0.15, 0.2) is 59.8 Å². The summed E-state index contributed by atoms with van der Waals surface area (Å²) < 4.78 is 0.0512. The number of benzene rings is 1. The molecule has 1 aromatic carbocycles. The summed E-state index contributed by atoms with van der Waals surface area (Å²) in [6.45, 7) is 4.45. The average Bonchev–Trinajstić information content (AvgIpc) is 2.31. The van der Waals surface area contributed by atoms with Gasteiger partial charge >= 0.3 is 0 Å². The van der Waals surface area contributed by atoms with E-state index < -0.39 is 0 Å². The third kappa shape index (κ3) is 2.64. The Balaban J connectivity index is 2.21. The van der Waals surface area contributed by atoms with E-state index in [1.807, 2.05) is 24.4 Å². The summed E-state index contributed by atoms with van der Waals surface area (Å²) in [7, 11) is 0. The molecule has 82 valence electrons. The molecular weight excluding hydrogens is 214 g/mol. The van der Waals surface area contributed by atoms with Crippen LogP contribution < -0.4 is 0 Å². The topological polar surface area (TPSA) is 12.9 Å². The molecule has 0 spiro atoms. The van der Waals surface area contributed by atoms with Gasteiger partial charge in [-0.15, -0.1) is 0 Å². The average molecular weight is 229 g/mol. The van der Waals surface area contributed by atoms with E-state index in [1.54, 1.807) is 11.8 Å². The van der Waals surface area contributed by atoms with Gasteiger partial charge in [0, 0.05) is 10.9 Å². The van der Waals surface area contributed by atoms with Crippen LogP contribution in [-0.2, 0) is 4.75 Å². The van der Waals surface area contributed by atoms with Crippen LogP contribution >= 0.6 is 11.8 Å². The monoisotopic (exact) mass is 229 g/mol. The number of hydrogen-bond acceptors (Lipinski definition) is 2. The van der Waals surface area contributed by atoms with Crippen molar-refractivity contribution in [2.45, 2.75) is 23.6 Å². The van der Waals surface area contributed by atoms with Gasteiger partial charge in [0.25, 0.3) is 0 Å². The minimum absolute atomic E-state index is 0.0512. The molecule has 0 aliphatic carbocycles. The fourth-order valence-electron chi connectivity index (χ4n) is 1.57. The Bertz CT molecular complexity index is 437. The highest BCUT2D eigenvalue weighted by Gasteiger charge is 2.21. The van der Waals surface area contributed by atoms with Gasteiger partial charge in [-0.1, -0.05) is 48.2 Å². The lowest BCUT2D eigenvalue weighted by Crippen LogP contribution is -2.11. The van der Waals surface area contributed by atoms with E-state index in [0.717, 1.165) is 5.03 Å². The Hall–Kier alpha value is -1.28. The van der Waals surface area contributed by atoms with Crippen LogP contribution in [0.2, 0.25) is 0 Å². The first kappa shape index (κ1) is 11.2. The van der Waals surface area contributed by atoms with Crippen molar-refractivity contribution in [1.82, 2.24) is 4.98 Å². The molecule has 2 rings (SSSR count). The number of pyridine rings is 1. The lowest BCUT2D eigenvalue weighted by Gasteiger charge is -2.23. The summed E-state index contributed by atoms with van der Waals surface area (Å²) in [6.07, 6.45) is 1.84. The van der Waals surface area contributed by atoms with Gasteiger partial charge in [-0.3, -0.25) is 0 Å². The minimum atomic E-state index is 0.0512. The maximum Gasteiger partial charge on any atom is 0.0968 e. The number of hydrogen-bond donors (Lipinski definition) is 0. The van der Waals surface area contributed by atoms with Crippen LogP contribution in [0, 0.1) is 0 Å². The van der Waals surface area contributed by atoms with Gasteiger partial charge in [0.2, 0.25) is 0 Å². The van der Waals surface area contributed by atoms with Gasteiger partial charge in [-0.2, -0.15) is 0 Å². The van der Waals surface area contributed by atoms with Gasteiger partial charge in [0.05, 0.1) is 5.03 Å². The third-order valence-corrected chi connectivity index (χ3v) is 3.66. The Kier molecular flexibility index (Phi) is 3.30. The number of aromatic nitrogens is 1. The lowest BCUT2D eigenvalue weighted by atomic mass is 10.0. The summed E-state index contributed by atoms with van der Waals surface area (Å²) in [5.74, 6) is 0. The molecule has 0 N–H and O–H groups in total. The Morgan fingerprint density at radius 1 is 0.938 bits per heavy atom. The highest BCUT2D eigenvalue weighted by atomic mass is 32.2. The van der Waals surface area contributed by atoms with E-state index >= 15 is 0 Å². The molecule has 2 heteroatoms. The molecule has 0 saturated carbocycles. The van der Waals surface area contributed by atoms with Crippen molar-refractivity contribution >= 4 is 11.8 Å². The van der Waals surface area contributed by atoms with Crippen molar-refractivity contribution in [1.29, 1.82) is 0 Å². The zero-order valence-corrected chi connectivity index (χ0v) is 10.4. The fraction of sp³-hybridized carbons (Fsp3) is 0.214. The maximum absolute atomic E-state index is 4.35. The van der Waals surface area contributed by atoms with Crippen molar-refractivity contribution < 1.29 is 0 Å². The second-order valence-electron chi connectivity index (χ2n) is 4.15. The zero-order chi connectivity index (χ0) is 11.4. The van der Waals surface area contributed by atoms with Gasteiger partial charge in [-0.05, 0) is 31.5 Å². The molecule has 0 aliphatic rings. The largest absolute Gasteiger partial charge is 0.250 e. The highest BCUT2D eigenvalue weighted by Crippen LogP contribution is 2.39. The van der Waals surface area contributed by atoms with Crippen molar-refractivity contribution in [2.75, 3.05) is 0 Å². The van der Waals surface area contributed by atoms with Gasteiger partial charge in [0.15, 0.2) is 0 Å². The van der Waals surface area contributed by atoms with E-state index in [9.17, 15) is 0 Å². The Labute approximate surface area is 101 Å². The second-order valence-corrected chi connectivity index (χ2v) is 5.79. The quantitative estimate of drug-likeness (QED) is 0.735. The first-order chi connectivity index (χ1) is 7.68. The summed E-state index contributed by atoms with van der Waals surface area (Å²) >= 11 is 1.79.